The third-order valence-corrected chi connectivity index (χ3v) is 4.97. The third-order valence-electron chi connectivity index (χ3n) is 4.97. The minimum absolute atomic E-state index is 0.117. The quantitative estimate of drug-likeness (QED) is 0.915. The van der Waals surface area contributed by atoms with Gasteiger partial charge in [0.15, 0.2) is 6.10 Å². The number of likely N-dealkylation sites (N-methyl/N-ethyl adjacent to an activating group) is 1. The lowest BCUT2D eigenvalue weighted by atomic mass is 9.78. The van der Waals surface area contributed by atoms with E-state index in [0.29, 0.717) is 13.1 Å². The number of nitrogens with zero attached hydrogens (tertiary/aromatic N) is 2. The topological polar surface area (TPSA) is 70.1 Å². The van der Waals surface area contributed by atoms with Gasteiger partial charge in [0.05, 0.1) is 18.7 Å². The first kappa shape index (κ1) is 16.8. The highest BCUT2D eigenvalue weighted by Crippen LogP contribution is 2.40. The van der Waals surface area contributed by atoms with Gasteiger partial charge in [-0.2, -0.15) is 0 Å². The number of urea groups is 1. The van der Waals surface area contributed by atoms with Crippen molar-refractivity contribution in [3.63, 3.8) is 0 Å². The first-order valence-electron chi connectivity index (χ1n) is 8.44. The molecule has 1 aromatic carbocycles. The second-order valence-electron chi connectivity index (χ2n) is 6.80. The molecule has 2 fully saturated rings. The second-order valence-corrected chi connectivity index (χ2v) is 6.80. The molecule has 1 atom stereocenters. The highest BCUT2D eigenvalue weighted by atomic mass is 16.5. The van der Waals surface area contributed by atoms with E-state index in [1.54, 1.807) is 16.8 Å². The molecule has 0 radical (unpaired) electrons. The summed E-state index contributed by atoms with van der Waals surface area (Å²) in [5, 5.41) is 9.30. The van der Waals surface area contributed by atoms with Crippen molar-refractivity contribution in [2.24, 2.45) is 0 Å². The molecule has 2 amide bonds. The van der Waals surface area contributed by atoms with E-state index in [9.17, 15) is 14.7 Å². The van der Waals surface area contributed by atoms with Crippen molar-refractivity contribution < 1.29 is 19.4 Å². The van der Waals surface area contributed by atoms with Crippen LogP contribution in [-0.2, 0) is 16.0 Å². The van der Waals surface area contributed by atoms with Gasteiger partial charge in [-0.3, -0.25) is 0 Å². The van der Waals surface area contributed by atoms with Gasteiger partial charge in [0.2, 0.25) is 0 Å². The van der Waals surface area contributed by atoms with Crippen LogP contribution in [0.4, 0.5) is 4.79 Å². The molecule has 1 spiro atoms. The number of carbonyl (C=O) groups excluding carboxylic acids is 1. The molecule has 24 heavy (non-hydrogen) atoms. The molecule has 0 bridgehead atoms. The van der Waals surface area contributed by atoms with E-state index in [-0.39, 0.29) is 12.6 Å². The lowest BCUT2D eigenvalue weighted by Crippen LogP contribution is -2.63. The summed E-state index contributed by atoms with van der Waals surface area (Å²) in [5.41, 5.74) is 0.732. The molecule has 6 heteroatoms. The minimum Gasteiger partial charge on any atom is -0.479 e. The molecule has 0 aromatic heterocycles. The summed E-state index contributed by atoms with van der Waals surface area (Å²) < 4.78 is 5.75. The number of rotatable bonds is 4. The van der Waals surface area contributed by atoms with Gasteiger partial charge in [-0.1, -0.05) is 30.3 Å². The highest BCUT2D eigenvalue weighted by Gasteiger charge is 2.48. The molecule has 1 saturated heterocycles. The van der Waals surface area contributed by atoms with Gasteiger partial charge < -0.3 is 19.6 Å². The Balaban J connectivity index is 1.61. The van der Waals surface area contributed by atoms with Crippen LogP contribution in [0.2, 0.25) is 0 Å². The van der Waals surface area contributed by atoms with Crippen LogP contribution < -0.4 is 0 Å². The molecule has 130 valence electrons. The first-order chi connectivity index (χ1) is 11.5. The Morgan fingerprint density at radius 1 is 1.33 bits per heavy atom. The Hall–Kier alpha value is -2.08. The van der Waals surface area contributed by atoms with Crippen LogP contribution in [0.15, 0.2) is 30.3 Å². The van der Waals surface area contributed by atoms with E-state index in [0.717, 1.165) is 25.7 Å². The Kier molecular flexibility index (Phi) is 4.76. The van der Waals surface area contributed by atoms with Crippen LogP contribution in [0.25, 0.3) is 0 Å². The molecular formula is C18H24N2O4. The van der Waals surface area contributed by atoms with Crippen molar-refractivity contribution in [3.05, 3.63) is 35.9 Å². The zero-order chi connectivity index (χ0) is 17.2. The number of aliphatic carboxylic acids is 1. The van der Waals surface area contributed by atoms with E-state index >= 15 is 0 Å². The smallest absolute Gasteiger partial charge is 0.334 e. The Bertz CT molecular complexity index is 600. The summed E-state index contributed by atoms with van der Waals surface area (Å²) in [7, 11) is 1.77. The van der Waals surface area contributed by atoms with Gasteiger partial charge in [0.1, 0.15) is 0 Å². The van der Waals surface area contributed by atoms with E-state index in [1.165, 1.54) is 5.56 Å². The fourth-order valence-corrected chi connectivity index (χ4v) is 3.39. The molecule has 1 saturated carbocycles. The lowest BCUT2D eigenvalue weighted by molar-refractivity contribution is -0.199. The van der Waals surface area contributed by atoms with E-state index in [4.69, 9.17) is 4.74 Å². The van der Waals surface area contributed by atoms with Crippen LogP contribution in [0, 0.1) is 0 Å². The van der Waals surface area contributed by atoms with Gasteiger partial charge in [-0.25, -0.2) is 9.59 Å². The molecule has 1 aliphatic carbocycles. The average molecular weight is 332 g/mol. The third kappa shape index (κ3) is 3.53. The van der Waals surface area contributed by atoms with E-state index < -0.39 is 17.7 Å². The van der Waals surface area contributed by atoms with Crippen LogP contribution >= 0.6 is 0 Å². The minimum atomic E-state index is -0.995. The fourth-order valence-electron chi connectivity index (χ4n) is 3.39. The van der Waals surface area contributed by atoms with Gasteiger partial charge in [0, 0.05) is 13.6 Å². The summed E-state index contributed by atoms with van der Waals surface area (Å²) in [5.74, 6) is -0.995. The molecule has 3 rings (SSSR count). The standard InChI is InChI=1S/C18H24N2O4/c1-19(11-8-14-6-3-2-4-7-14)17(23)20-12-15(16(21)22)24-18(13-20)9-5-10-18/h2-4,6-7,15H,5,8-13H2,1H3,(H,21,22). The SMILES string of the molecule is CN(CCc1ccccc1)C(=O)N1CC(C(=O)O)OC2(CCC2)C1. The number of hydrogen-bond donors (Lipinski definition) is 1. The summed E-state index contributed by atoms with van der Waals surface area (Å²) in [6.07, 6.45) is 2.53. The average Bonchev–Trinajstić information content (AvgIpc) is 2.58. The van der Waals surface area contributed by atoms with Crippen molar-refractivity contribution in [1.82, 2.24) is 9.80 Å². The monoisotopic (exact) mass is 332 g/mol. The Labute approximate surface area is 142 Å². The highest BCUT2D eigenvalue weighted by molar-refractivity contribution is 5.77. The van der Waals surface area contributed by atoms with Crippen molar-refractivity contribution in [2.45, 2.75) is 37.4 Å². The number of morpholine rings is 1. The predicted molar refractivity (Wildman–Crippen MR) is 88.8 cm³/mol. The molecule has 1 aromatic rings. The maximum absolute atomic E-state index is 12.7. The molecule has 1 heterocycles. The summed E-state index contributed by atoms with van der Waals surface area (Å²) >= 11 is 0. The first-order valence-corrected chi connectivity index (χ1v) is 8.44. The molecule has 6 nitrogen and oxygen atoms in total. The van der Waals surface area contributed by atoms with Crippen LogP contribution in [-0.4, -0.2) is 65.3 Å². The zero-order valence-electron chi connectivity index (χ0n) is 14.0. The van der Waals surface area contributed by atoms with Crippen LogP contribution in [0.3, 0.4) is 0 Å². The van der Waals surface area contributed by atoms with E-state index in [2.05, 4.69) is 0 Å². The molecular weight excluding hydrogens is 308 g/mol. The van der Waals surface area contributed by atoms with Crippen molar-refractivity contribution in [3.8, 4) is 0 Å². The number of amides is 2. The fraction of sp³-hybridized carbons (Fsp3) is 0.556. The number of carboxylic acids is 1. The maximum atomic E-state index is 12.7. The van der Waals surface area contributed by atoms with Crippen molar-refractivity contribution in [2.75, 3.05) is 26.7 Å². The van der Waals surface area contributed by atoms with Gasteiger partial charge in [0.25, 0.3) is 0 Å². The normalized spacial score (nSPS) is 22.0. The predicted octanol–water partition coefficient (Wildman–Crippen LogP) is 1.99. The maximum Gasteiger partial charge on any atom is 0.334 e. The molecule has 1 unspecified atom stereocenters. The zero-order valence-corrected chi connectivity index (χ0v) is 14.0. The Morgan fingerprint density at radius 2 is 2.04 bits per heavy atom. The second kappa shape index (κ2) is 6.81. The van der Waals surface area contributed by atoms with Crippen LogP contribution in [0.5, 0.6) is 0 Å². The summed E-state index contributed by atoms with van der Waals surface area (Å²) in [6, 6.07) is 9.89. The Morgan fingerprint density at radius 3 is 2.62 bits per heavy atom. The number of hydrogen-bond acceptors (Lipinski definition) is 3. The van der Waals surface area contributed by atoms with Crippen LogP contribution in [0.1, 0.15) is 24.8 Å². The lowest BCUT2D eigenvalue weighted by Gasteiger charge is -2.50. The number of benzene rings is 1. The van der Waals surface area contributed by atoms with Gasteiger partial charge >= 0.3 is 12.0 Å². The van der Waals surface area contributed by atoms with E-state index in [1.807, 2.05) is 30.3 Å². The number of ether oxygens (including phenoxy) is 1. The largest absolute Gasteiger partial charge is 0.479 e. The number of carboxylic acid groups (broad SMARTS) is 1. The molecule has 1 N–H and O–H groups in total. The van der Waals surface area contributed by atoms with Crippen molar-refractivity contribution in [1.29, 1.82) is 0 Å². The van der Waals surface area contributed by atoms with Gasteiger partial charge in [-0.05, 0) is 31.2 Å². The number of carbonyl (C=O) groups is 2. The molecule has 1 aliphatic heterocycles. The van der Waals surface area contributed by atoms with Gasteiger partial charge in [-0.15, -0.1) is 0 Å². The molecule has 2 aliphatic rings. The summed E-state index contributed by atoms with van der Waals surface area (Å²) in [6.45, 7) is 1.21. The summed E-state index contributed by atoms with van der Waals surface area (Å²) in [4.78, 5) is 27.4. The van der Waals surface area contributed by atoms with Crippen molar-refractivity contribution >= 4 is 12.0 Å².